The monoisotopic (exact) mass is 300 g/mol. The highest BCUT2D eigenvalue weighted by Crippen LogP contribution is 2.19. The lowest BCUT2D eigenvalue weighted by Crippen LogP contribution is -2.38. The lowest BCUT2D eigenvalue weighted by molar-refractivity contribution is 0.509. The summed E-state index contributed by atoms with van der Waals surface area (Å²) in [6, 6.07) is 7.94. The predicted molar refractivity (Wildman–Crippen MR) is 83.6 cm³/mol. The first kappa shape index (κ1) is 14.0. The Morgan fingerprint density at radius 1 is 1.28 bits per heavy atom. The van der Waals surface area contributed by atoms with E-state index in [2.05, 4.69) is 10.2 Å². The molecule has 2 rings (SSSR count). The standard InChI is InChI=1S/C13H17ClN2S2/c14-11-3-5-12(6-4-11)18-10-7-15-13(17)16-8-1-2-9-16/h3-6H,1-2,7-10H2,(H,15,17). The van der Waals surface area contributed by atoms with Gasteiger partial charge in [-0.25, -0.2) is 0 Å². The predicted octanol–water partition coefficient (Wildman–Crippen LogP) is 3.40. The number of nitrogens with one attached hydrogen (secondary N) is 1. The van der Waals surface area contributed by atoms with Crippen LogP contribution < -0.4 is 5.32 Å². The van der Waals surface area contributed by atoms with Gasteiger partial charge in [-0.2, -0.15) is 0 Å². The first-order chi connectivity index (χ1) is 8.75. The number of rotatable bonds is 4. The van der Waals surface area contributed by atoms with Crippen LogP contribution in [0.15, 0.2) is 29.2 Å². The normalized spacial score (nSPS) is 14.8. The first-order valence-corrected chi connectivity index (χ1v) is 7.94. The van der Waals surface area contributed by atoms with Gasteiger partial charge in [0.25, 0.3) is 0 Å². The van der Waals surface area contributed by atoms with Crippen LogP contribution in [0.4, 0.5) is 0 Å². The van der Waals surface area contributed by atoms with Crippen molar-refractivity contribution < 1.29 is 0 Å². The van der Waals surface area contributed by atoms with Crippen LogP contribution in [0.25, 0.3) is 0 Å². The summed E-state index contributed by atoms with van der Waals surface area (Å²) in [6.45, 7) is 3.12. The average molecular weight is 301 g/mol. The van der Waals surface area contributed by atoms with E-state index >= 15 is 0 Å². The lowest BCUT2D eigenvalue weighted by Gasteiger charge is -2.19. The van der Waals surface area contributed by atoms with Gasteiger partial charge in [-0.15, -0.1) is 11.8 Å². The zero-order valence-electron chi connectivity index (χ0n) is 10.2. The molecule has 1 aromatic rings. The number of hydrogen-bond acceptors (Lipinski definition) is 2. The van der Waals surface area contributed by atoms with Crippen LogP contribution in [0.1, 0.15) is 12.8 Å². The fourth-order valence-corrected chi connectivity index (χ4v) is 3.07. The van der Waals surface area contributed by atoms with Gasteiger partial charge in [0.15, 0.2) is 5.11 Å². The van der Waals surface area contributed by atoms with Gasteiger partial charge in [0.1, 0.15) is 0 Å². The highest BCUT2D eigenvalue weighted by molar-refractivity contribution is 7.99. The molecule has 0 bridgehead atoms. The van der Waals surface area contributed by atoms with E-state index in [0.717, 1.165) is 35.5 Å². The number of thiocarbonyl (C=S) groups is 1. The van der Waals surface area contributed by atoms with Gasteiger partial charge >= 0.3 is 0 Å². The minimum absolute atomic E-state index is 0.785. The second-order valence-corrected chi connectivity index (χ2v) is 6.22. The Morgan fingerprint density at radius 2 is 1.94 bits per heavy atom. The maximum Gasteiger partial charge on any atom is 0.168 e. The van der Waals surface area contributed by atoms with E-state index in [4.69, 9.17) is 23.8 Å². The fourth-order valence-electron chi connectivity index (χ4n) is 1.89. The molecular weight excluding hydrogens is 284 g/mol. The summed E-state index contributed by atoms with van der Waals surface area (Å²) in [6.07, 6.45) is 2.53. The Kier molecular flexibility index (Phi) is 5.60. The molecule has 1 aliphatic rings. The molecular formula is C13H17ClN2S2. The van der Waals surface area contributed by atoms with E-state index in [1.807, 2.05) is 36.0 Å². The molecule has 1 N–H and O–H groups in total. The molecule has 0 aliphatic carbocycles. The number of nitrogens with zero attached hydrogens (tertiary/aromatic N) is 1. The molecule has 1 aliphatic heterocycles. The molecule has 0 aromatic heterocycles. The molecule has 1 aromatic carbocycles. The largest absolute Gasteiger partial charge is 0.362 e. The fraction of sp³-hybridized carbons (Fsp3) is 0.462. The Bertz CT molecular complexity index is 388. The summed E-state index contributed by atoms with van der Waals surface area (Å²) in [4.78, 5) is 3.50. The Hall–Kier alpha value is -0.450. The van der Waals surface area contributed by atoms with Gasteiger partial charge in [0.05, 0.1) is 0 Å². The number of hydrogen-bond donors (Lipinski definition) is 1. The molecule has 0 spiro atoms. The van der Waals surface area contributed by atoms with Crippen LogP contribution in [0, 0.1) is 0 Å². The van der Waals surface area contributed by atoms with Crippen molar-refractivity contribution in [2.24, 2.45) is 0 Å². The van der Waals surface area contributed by atoms with Crippen LogP contribution in [-0.2, 0) is 0 Å². The molecule has 18 heavy (non-hydrogen) atoms. The maximum absolute atomic E-state index is 5.84. The third-order valence-electron chi connectivity index (χ3n) is 2.85. The zero-order chi connectivity index (χ0) is 12.8. The van der Waals surface area contributed by atoms with Crippen molar-refractivity contribution in [3.8, 4) is 0 Å². The molecule has 98 valence electrons. The SMILES string of the molecule is S=C(NCCSc1ccc(Cl)cc1)N1CCCC1. The van der Waals surface area contributed by atoms with Gasteiger partial charge in [0, 0.05) is 35.3 Å². The van der Waals surface area contributed by atoms with E-state index in [0.29, 0.717) is 0 Å². The number of likely N-dealkylation sites (tertiary alicyclic amines) is 1. The molecule has 0 amide bonds. The van der Waals surface area contributed by atoms with E-state index in [-0.39, 0.29) is 0 Å². The van der Waals surface area contributed by atoms with Crippen molar-refractivity contribution in [2.75, 3.05) is 25.4 Å². The van der Waals surface area contributed by atoms with E-state index in [9.17, 15) is 0 Å². The van der Waals surface area contributed by atoms with E-state index < -0.39 is 0 Å². The van der Waals surface area contributed by atoms with E-state index in [1.54, 1.807) is 0 Å². The van der Waals surface area contributed by atoms with Gasteiger partial charge in [-0.3, -0.25) is 0 Å². The third kappa shape index (κ3) is 4.34. The van der Waals surface area contributed by atoms with Crippen LogP contribution in [0.5, 0.6) is 0 Å². The quantitative estimate of drug-likeness (QED) is 0.520. The smallest absolute Gasteiger partial charge is 0.168 e. The average Bonchev–Trinajstić information content (AvgIpc) is 2.90. The summed E-state index contributed by atoms with van der Waals surface area (Å²) in [5.74, 6) is 1.01. The minimum Gasteiger partial charge on any atom is -0.362 e. The summed E-state index contributed by atoms with van der Waals surface area (Å²) in [5.41, 5.74) is 0. The van der Waals surface area contributed by atoms with Crippen molar-refractivity contribution in [1.82, 2.24) is 10.2 Å². The lowest BCUT2D eigenvalue weighted by atomic mass is 10.4. The summed E-state index contributed by atoms with van der Waals surface area (Å²) < 4.78 is 0. The van der Waals surface area contributed by atoms with Crippen molar-refractivity contribution >= 4 is 40.7 Å². The van der Waals surface area contributed by atoms with Crippen LogP contribution in [0.2, 0.25) is 5.02 Å². The maximum atomic E-state index is 5.84. The van der Waals surface area contributed by atoms with Crippen LogP contribution in [0.3, 0.4) is 0 Å². The third-order valence-corrected chi connectivity index (χ3v) is 4.52. The Morgan fingerprint density at radius 3 is 2.61 bits per heavy atom. The number of thioether (sulfide) groups is 1. The summed E-state index contributed by atoms with van der Waals surface area (Å²) in [5, 5.41) is 5.01. The summed E-state index contributed by atoms with van der Waals surface area (Å²) in [7, 11) is 0. The van der Waals surface area contributed by atoms with Gasteiger partial charge in [-0.1, -0.05) is 11.6 Å². The second-order valence-electron chi connectivity index (χ2n) is 4.23. The molecule has 5 heteroatoms. The number of halogens is 1. The van der Waals surface area contributed by atoms with Gasteiger partial charge in [-0.05, 0) is 49.3 Å². The molecule has 2 nitrogen and oxygen atoms in total. The molecule has 1 heterocycles. The molecule has 0 saturated carbocycles. The molecule has 0 unspecified atom stereocenters. The minimum atomic E-state index is 0.785. The highest BCUT2D eigenvalue weighted by Gasteiger charge is 2.13. The second kappa shape index (κ2) is 7.22. The van der Waals surface area contributed by atoms with Crippen LogP contribution in [-0.4, -0.2) is 35.4 Å². The van der Waals surface area contributed by atoms with Crippen molar-refractivity contribution in [3.63, 3.8) is 0 Å². The highest BCUT2D eigenvalue weighted by atomic mass is 35.5. The molecule has 1 fully saturated rings. The van der Waals surface area contributed by atoms with Gasteiger partial charge in [0.2, 0.25) is 0 Å². The molecule has 0 radical (unpaired) electrons. The topological polar surface area (TPSA) is 15.3 Å². The molecule has 0 atom stereocenters. The van der Waals surface area contributed by atoms with Crippen molar-refractivity contribution in [2.45, 2.75) is 17.7 Å². The Labute approximate surface area is 123 Å². The van der Waals surface area contributed by atoms with Crippen LogP contribution >= 0.6 is 35.6 Å². The first-order valence-electron chi connectivity index (χ1n) is 6.17. The summed E-state index contributed by atoms with van der Waals surface area (Å²) >= 11 is 13.0. The van der Waals surface area contributed by atoms with Crippen molar-refractivity contribution in [1.29, 1.82) is 0 Å². The van der Waals surface area contributed by atoms with E-state index in [1.165, 1.54) is 17.7 Å². The van der Waals surface area contributed by atoms with Crippen molar-refractivity contribution in [3.05, 3.63) is 29.3 Å². The Balaban J connectivity index is 1.63. The number of benzene rings is 1. The van der Waals surface area contributed by atoms with Gasteiger partial charge < -0.3 is 10.2 Å². The molecule has 1 saturated heterocycles. The zero-order valence-corrected chi connectivity index (χ0v) is 12.6.